The molecule has 1 aromatic rings. The summed E-state index contributed by atoms with van der Waals surface area (Å²) >= 11 is 0. The molecule has 0 aliphatic heterocycles. The SMILES string of the molecule is CC(NC(=O)c1ccc(N(C)C)c(N)c1)C(C)(C)C. The zero-order chi connectivity index (χ0) is 14.8. The summed E-state index contributed by atoms with van der Waals surface area (Å²) in [5, 5.41) is 3.00. The molecule has 0 radical (unpaired) electrons. The van der Waals surface area contributed by atoms with Crippen LogP contribution in [-0.4, -0.2) is 26.0 Å². The second-order valence-corrected chi connectivity index (χ2v) is 6.23. The Labute approximate surface area is 116 Å². The number of hydrogen-bond acceptors (Lipinski definition) is 3. The van der Waals surface area contributed by atoms with Crippen LogP contribution in [0.5, 0.6) is 0 Å². The number of hydrogen-bond donors (Lipinski definition) is 2. The summed E-state index contributed by atoms with van der Waals surface area (Å²) < 4.78 is 0. The van der Waals surface area contributed by atoms with E-state index in [9.17, 15) is 4.79 Å². The van der Waals surface area contributed by atoms with Gasteiger partial charge in [-0.2, -0.15) is 0 Å². The Bertz CT molecular complexity index is 461. The van der Waals surface area contributed by atoms with Crippen LogP contribution in [0.25, 0.3) is 0 Å². The van der Waals surface area contributed by atoms with E-state index in [0.29, 0.717) is 11.3 Å². The average Bonchev–Trinajstić information content (AvgIpc) is 2.26. The quantitative estimate of drug-likeness (QED) is 0.824. The summed E-state index contributed by atoms with van der Waals surface area (Å²) in [6, 6.07) is 5.48. The summed E-state index contributed by atoms with van der Waals surface area (Å²) in [5.74, 6) is -0.0839. The Morgan fingerprint density at radius 3 is 2.32 bits per heavy atom. The van der Waals surface area contributed by atoms with E-state index in [1.54, 1.807) is 12.1 Å². The lowest BCUT2D eigenvalue weighted by Gasteiger charge is -2.28. The van der Waals surface area contributed by atoms with Gasteiger partial charge in [-0.25, -0.2) is 0 Å². The number of nitrogens with zero attached hydrogens (tertiary/aromatic N) is 1. The summed E-state index contributed by atoms with van der Waals surface area (Å²) in [6.07, 6.45) is 0. The molecule has 4 nitrogen and oxygen atoms in total. The minimum Gasteiger partial charge on any atom is -0.397 e. The van der Waals surface area contributed by atoms with Crippen LogP contribution in [0, 0.1) is 5.41 Å². The van der Waals surface area contributed by atoms with Crippen LogP contribution < -0.4 is 16.0 Å². The average molecular weight is 263 g/mol. The number of anilines is 2. The fourth-order valence-electron chi connectivity index (χ4n) is 1.60. The molecule has 0 fully saturated rings. The minimum atomic E-state index is -0.0839. The van der Waals surface area contributed by atoms with Crippen molar-refractivity contribution in [3.05, 3.63) is 23.8 Å². The van der Waals surface area contributed by atoms with E-state index >= 15 is 0 Å². The third-order valence-corrected chi connectivity index (χ3v) is 3.42. The van der Waals surface area contributed by atoms with E-state index in [1.165, 1.54) is 0 Å². The summed E-state index contributed by atoms with van der Waals surface area (Å²) in [6.45, 7) is 8.31. The van der Waals surface area contributed by atoms with Gasteiger partial charge < -0.3 is 16.0 Å². The fraction of sp³-hybridized carbons (Fsp3) is 0.533. The molecule has 106 valence electrons. The standard InChI is InChI=1S/C15H25N3O/c1-10(15(2,3)4)17-14(19)11-7-8-13(18(5)6)12(16)9-11/h7-10H,16H2,1-6H3,(H,17,19). The van der Waals surface area contributed by atoms with Gasteiger partial charge in [0.1, 0.15) is 0 Å². The molecule has 1 aromatic carbocycles. The molecule has 1 amide bonds. The highest BCUT2D eigenvalue weighted by molar-refractivity contribution is 5.96. The monoisotopic (exact) mass is 263 g/mol. The third kappa shape index (κ3) is 3.88. The van der Waals surface area contributed by atoms with Gasteiger partial charge in [-0.1, -0.05) is 20.8 Å². The van der Waals surface area contributed by atoms with Gasteiger partial charge in [0, 0.05) is 25.7 Å². The molecule has 0 saturated heterocycles. The lowest BCUT2D eigenvalue weighted by Crippen LogP contribution is -2.41. The van der Waals surface area contributed by atoms with Crippen LogP contribution in [0.3, 0.4) is 0 Å². The van der Waals surface area contributed by atoms with Crippen molar-refractivity contribution in [3.8, 4) is 0 Å². The van der Waals surface area contributed by atoms with E-state index < -0.39 is 0 Å². The Morgan fingerprint density at radius 2 is 1.89 bits per heavy atom. The first-order chi connectivity index (χ1) is 8.62. The van der Waals surface area contributed by atoms with Gasteiger partial charge in [0.25, 0.3) is 5.91 Å². The first kappa shape index (κ1) is 15.3. The van der Waals surface area contributed by atoms with Gasteiger partial charge in [-0.3, -0.25) is 4.79 Å². The summed E-state index contributed by atoms with van der Waals surface area (Å²) in [5.41, 5.74) is 8.11. The zero-order valence-corrected chi connectivity index (χ0v) is 12.7. The number of nitrogen functional groups attached to an aromatic ring is 1. The molecular formula is C15H25N3O. The maximum atomic E-state index is 12.2. The van der Waals surface area contributed by atoms with E-state index in [2.05, 4.69) is 26.1 Å². The van der Waals surface area contributed by atoms with Gasteiger partial charge >= 0.3 is 0 Å². The number of carbonyl (C=O) groups excluding carboxylic acids is 1. The van der Waals surface area contributed by atoms with Crippen molar-refractivity contribution in [2.75, 3.05) is 24.7 Å². The molecule has 19 heavy (non-hydrogen) atoms. The van der Waals surface area contributed by atoms with Crippen molar-refractivity contribution in [1.82, 2.24) is 5.32 Å². The molecule has 3 N–H and O–H groups in total. The van der Waals surface area contributed by atoms with Crippen molar-refractivity contribution in [2.24, 2.45) is 5.41 Å². The molecule has 4 heteroatoms. The molecule has 0 spiro atoms. The Morgan fingerprint density at radius 1 is 1.32 bits per heavy atom. The summed E-state index contributed by atoms with van der Waals surface area (Å²) in [7, 11) is 3.85. The van der Waals surface area contributed by atoms with E-state index in [4.69, 9.17) is 5.73 Å². The molecule has 0 aromatic heterocycles. The highest BCUT2D eigenvalue weighted by atomic mass is 16.1. The largest absolute Gasteiger partial charge is 0.397 e. The minimum absolute atomic E-state index is 0.0325. The van der Waals surface area contributed by atoms with Gasteiger partial charge in [0.05, 0.1) is 11.4 Å². The van der Waals surface area contributed by atoms with Crippen LogP contribution in [0.1, 0.15) is 38.1 Å². The van der Waals surface area contributed by atoms with Crippen molar-refractivity contribution in [3.63, 3.8) is 0 Å². The van der Waals surface area contributed by atoms with Crippen molar-refractivity contribution in [2.45, 2.75) is 33.7 Å². The molecule has 1 unspecified atom stereocenters. The predicted octanol–water partition coefficient (Wildman–Crippen LogP) is 2.50. The van der Waals surface area contributed by atoms with Gasteiger partial charge in [0.2, 0.25) is 0 Å². The van der Waals surface area contributed by atoms with E-state index in [-0.39, 0.29) is 17.4 Å². The van der Waals surface area contributed by atoms with Crippen molar-refractivity contribution in [1.29, 1.82) is 0 Å². The number of nitrogens with two attached hydrogens (primary N) is 1. The molecule has 1 atom stereocenters. The maximum Gasteiger partial charge on any atom is 0.251 e. The summed E-state index contributed by atoms with van der Waals surface area (Å²) in [4.78, 5) is 14.1. The first-order valence-corrected chi connectivity index (χ1v) is 6.50. The second-order valence-electron chi connectivity index (χ2n) is 6.23. The Balaban J connectivity index is 2.87. The first-order valence-electron chi connectivity index (χ1n) is 6.50. The van der Waals surface area contributed by atoms with Crippen LogP contribution in [0.15, 0.2) is 18.2 Å². The van der Waals surface area contributed by atoms with Crippen LogP contribution in [0.2, 0.25) is 0 Å². The molecule has 1 rings (SSSR count). The Kier molecular flexibility index (Phi) is 4.45. The highest BCUT2D eigenvalue weighted by Crippen LogP contribution is 2.23. The van der Waals surface area contributed by atoms with Gasteiger partial charge in [-0.15, -0.1) is 0 Å². The number of rotatable bonds is 3. The Hall–Kier alpha value is -1.71. The molecule has 0 heterocycles. The molecule has 0 aliphatic rings. The number of benzene rings is 1. The van der Waals surface area contributed by atoms with Crippen LogP contribution >= 0.6 is 0 Å². The smallest absolute Gasteiger partial charge is 0.251 e. The van der Waals surface area contributed by atoms with Crippen LogP contribution in [-0.2, 0) is 0 Å². The molecule has 0 saturated carbocycles. The molecule has 0 aliphatic carbocycles. The molecular weight excluding hydrogens is 238 g/mol. The lowest BCUT2D eigenvalue weighted by atomic mass is 9.88. The third-order valence-electron chi connectivity index (χ3n) is 3.42. The van der Waals surface area contributed by atoms with Crippen molar-refractivity contribution < 1.29 is 4.79 Å². The molecule has 0 bridgehead atoms. The number of amides is 1. The van der Waals surface area contributed by atoms with Crippen LogP contribution in [0.4, 0.5) is 11.4 Å². The second kappa shape index (κ2) is 5.51. The van der Waals surface area contributed by atoms with E-state index in [0.717, 1.165) is 5.69 Å². The predicted molar refractivity (Wildman–Crippen MR) is 81.6 cm³/mol. The lowest BCUT2D eigenvalue weighted by molar-refractivity contribution is 0.0910. The topological polar surface area (TPSA) is 58.4 Å². The van der Waals surface area contributed by atoms with E-state index in [1.807, 2.05) is 32.0 Å². The fourth-order valence-corrected chi connectivity index (χ4v) is 1.60. The van der Waals surface area contributed by atoms with Gasteiger partial charge in [0.15, 0.2) is 0 Å². The normalized spacial score (nSPS) is 12.9. The van der Waals surface area contributed by atoms with Gasteiger partial charge in [-0.05, 0) is 30.5 Å². The highest BCUT2D eigenvalue weighted by Gasteiger charge is 2.22. The number of nitrogens with one attached hydrogen (secondary N) is 1. The zero-order valence-electron chi connectivity index (χ0n) is 12.7. The maximum absolute atomic E-state index is 12.2. The number of carbonyl (C=O) groups is 1. The van der Waals surface area contributed by atoms with Crippen molar-refractivity contribution >= 4 is 17.3 Å².